The molecule has 0 fully saturated rings. The summed E-state index contributed by atoms with van der Waals surface area (Å²) >= 11 is 0. The lowest BCUT2D eigenvalue weighted by Gasteiger charge is -2.15. The van der Waals surface area contributed by atoms with Crippen LogP contribution in [0.15, 0.2) is 21.7 Å². The third kappa shape index (κ3) is 5.41. The Morgan fingerprint density at radius 2 is 2.25 bits per heavy atom. The van der Waals surface area contributed by atoms with E-state index in [0.717, 1.165) is 6.04 Å². The van der Waals surface area contributed by atoms with Crippen molar-refractivity contribution in [3.8, 4) is 0 Å². The predicted molar refractivity (Wildman–Crippen MR) is 77.4 cm³/mol. The van der Waals surface area contributed by atoms with E-state index in [1.165, 1.54) is 16.9 Å². The van der Waals surface area contributed by atoms with E-state index in [0.29, 0.717) is 6.61 Å². The fourth-order valence-corrected chi connectivity index (χ4v) is 3.10. The highest BCUT2D eigenvalue weighted by molar-refractivity contribution is 7.91. The van der Waals surface area contributed by atoms with Crippen LogP contribution in [0, 0.1) is 0 Å². The van der Waals surface area contributed by atoms with Gasteiger partial charge in [-0.25, -0.2) is 18.8 Å². The third-order valence-electron chi connectivity index (χ3n) is 2.40. The zero-order chi connectivity index (χ0) is 15.4. The van der Waals surface area contributed by atoms with E-state index in [4.69, 9.17) is 15.0 Å². The molecule has 0 radical (unpaired) electrons. The molecule has 0 aliphatic heterocycles. The second-order valence-corrected chi connectivity index (χ2v) is 12.8. The first kappa shape index (κ1) is 16.8. The number of carboxylic acid groups (broad SMARTS) is 1. The minimum Gasteiger partial charge on any atom is -0.463 e. The summed E-state index contributed by atoms with van der Waals surface area (Å²) in [7, 11) is -4.69. The van der Waals surface area contributed by atoms with Crippen LogP contribution in [-0.4, -0.2) is 39.9 Å². The molecule has 1 rings (SSSR count). The highest BCUT2D eigenvalue weighted by atomic mass is 32.2. The summed E-state index contributed by atoms with van der Waals surface area (Å²) in [5.41, 5.74) is 0. The van der Waals surface area contributed by atoms with Crippen molar-refractivity contribution in [2.24, 2.45) is 9.50 Å². The summed E-state index contributed by atoms with van der Waals surface area (Å²) in [6.07, 6.45) is -0.203. The Morgan fingerprint density at radius 3 is 2.80 bits per heavy atom. The Hall–Kier alpha value is -1.23. The third-order valence-corrected chi connectivity index (χ3v) is 5.48. The van der Waals surface area contributed by atoms with Gasteiger partial charge < -0.3 is 9.84 Å². The summed E-state index contributed by atoms with van der Waals surface area (Å²) < 4.78 is 21.7. The highest BCUT2D eigenvalue weighted by Crippen LogP contribution is 2.11. The van der Waals surface area contributed by atoms with Crippen molar-refractivity contribution in [1.82, 2.24) is 9.78 Å². The molecule has 1 atom stereocenters. The molecule has 0 aliphatic rings. The van der Waals surface area contributed by atoms with Gasteiger partial charge >= 0.3 is 6.09 Å². The second kappa shape index (κ2) is 6.48. The number of hydrogen-bond donors (Lipinski definition) is 2. The zero-order valence-electron chi connectivity index (χ0n) is 11.8. The van der Waals surface area contributed by atoms with Crippen molar-refractivity contribution in [2.45, 2.75) is 37.4 Å². The van der Waals surface area contributed by atoms with Crippen LogP contribution in [0.4, 0.5) is 4.79 Å². The van der Waals surface area contributed by atoms with Gasteiger partial charge in [-0.05, 0) is 12.1 Å². The molecule has 1 aromatic heterocycles. The number of hydrogen-bond acceptors (Lipinski definition) is 4. The first-order valence-electron chi connectivity index (χ1n) is 5.99. The number of ether oxygens (including phenoxy) is 1. The number of rotatable bonds is 6. The van der Waals surface area contributed by atoms with Crippen LogP contribution in [-0.2, 0) is 21.4 Å². The standard InChI is InChI=1S/C10H20N4O4SSi/c1-20(2,3)7-6-18-8-14-9(4-5-12-14)19(11,17)13-10(15)16/h4-5H,6-8H2,1-3H3,(H,15,16)(H2,11,13,17). The van der Waals surface area contributed by atoms with Crippen molar-refractivity contribution < 1.29 is 18.8 Å². The van der Waals surface area contributed by atoms with E-state index in [9.17, 15) is 9.00 Å². The molecule has 0 aliphatic carbocycles. The quantitative estimate of drug-likeness (QED) is 0.609. The Balaban J connectivity index is 2.74. The highest BCUT2D eigenvalue weighted by Gasteiger charge is 2.16. The van der Waals surface area contributed by atoms with Gasteiger partial charge in [-0.1, -0.05) is 19.6 Å². The number of carbonyl (C=O) groups is 1. The van der Waals surface area contributed by atoms with Crippen LogP contribution in [0.2, 0.25) is 25.7 Å². The van der Waals surface area contributed by atoms with Gasteiger partial charge in [0.05, 0.1) is 6.20 Å². The molecular formula is C10H20N4O4SSi. The maximum atomic E-state index is 12.0. The average molecular weight is 320 g/mol. The lowest BCUT2D eigenvalue weighted by Crippen LogP contribution is -2.23. The van der Waals surface area contributed by atoms with Crippen molar-refractivity contribution >= 4 is 24.1 Å². The summed E-state index contributed by atoms with van der Waals surface area (Å²) in [6, 6.07) is 2.36. The van der Waals surface area contributed by atoms with E-state index in [1.807, 2.05) is 0 Å². The molecule has 0 saturated heterocycles. The van der Waals surface area contributed by atoms with E-state index in [2.05, 4.69) is 29.1 Å². The first-order valence-corrected chi connectivity index (χ1v) is 11.3. The fourth-order valence-electron chi connectivity index (χ4n) is 1.36. The molecule has 1 aromatic rings. The molecule has 1 unspecified atom stereocenters. The number of aromatic nitrogens is 2. The van der Waals surface area contributed by atoms with Crippen molar-refractivity contribution in [1.29, 1.82) is 0 Å². The Bertz CT molecular complexity index is 586. The van der Waals surface area contributed by atoms with Gasteiger partial charge in [0, 0.05) is 14.7 Å². The number of nitrogens with zero attached hydrogens (tertiary/aromatic N) is 3. The van der Waals surface area contributed by atoms with E-state index < -0.39 is 24.1 Å². The number of nitrogens with two attached hydrogens (primary N) is 1. The van der Waals surface area contributed by atoms with Gasteiger partial charge in [-0.2, -0.15) is 5.10 Å². The summed E-state index contributed by atoms with van der Waals surface area (Å²) in [5.74, 6) is 0. The maximum absolute atomic E-state index is 12.0. The lowest BCUT2D eigenvalue weighted by molar-refractivity contribution is 0.0723. The minimum atomic E-state index is -3.51. The Kier molecular flexibility index (Phi) is 5.45. The number of amides is 1. The Morgan fingerprint density at radius 1 is 1.60 bits per heavy atom. The molecule has 3 N–H and O–H groups in total. The molecule has 114 valence electrons. The smallest absolute Gasteiger partial charge is 0.440 e. The maximum Gasteiger partial charge on any atom is 0.440 e. The molecule has 8 nitrogen and oxygen atoms in total. The van der Waals surface area contributed by atoms with Gasteiger partial charge in [0.15, 0.2) is 14.9 Å². The summed E-state index contributed by atoms with van der Waals surface area (Å²) in [6.45, 7) is 7.32. The molecule has 20 heavy (non-hydrogen) atoms. The van der Waals surface area contributed by atoms with Gasteiger partial charge in [0.1, 0.15) is 6.73 Å². The van der Waals surface area contributed by atoms with Crippen LogP contribution >= 0.6 is 0 Å². The van der Waals surface area contributed by atoms with Crippen LogP contribution < -0.4 is 5.14 Å². The Labute approximate surface area is 119 Å². The molecule has 1 amide bonds. The van der Waals surface area contributed by atoms with Gasteiger partial charge in [-0.15, -0.1) is 4.36 Å². The second-order valence-electron chi connectivity index (χ2n) is 5.46. The molecule has 0 aromatic carbocycles. The van der Waals surface area contributed by atoms with Crippen LogP contribution in [0.1, 0.15) is 0 Å². The van der Waals surface area contributed by atoms with Crippen molar-refractivity contribution in [3.05, 3.63) is 12.3 Å². The molecule has 10 heteroatoms. The van der Waals surface area contributed by atoms with Crippen LogP contribution in [0.5, 0.6) is 0 Å². The van der Waals surface area contributed by atoms with Crippen molar-refractivity contribution in [3.63, 3.8) is 0 Å². The van der Waals surface area contributed by atoms with Gasteiger partial charge in [-0.3, -0.25) is 0 Å². The molecule has 0 bridgehead atoms. The summed E-state index contributed by atoms with van der Waals surface area (Å²) in [4.78, 5) is 10.5. The van der Waals surface area contributed by atoms with E-state index >= 15 is 0 Å². The first-order chi connectivity index (χ1) is 9.12. The van der Waals surface area contributed by atoms with Gasteiger partial charge in [0.2, 0.25) is 0 Å². The SMILES string of the molecule is C[Si](C)(C)CCOCn1nccc1S(N)(=O)=NC(=O)O. The van der Waals surface area contributed by atoms with Crippen LogP contribution in [0.3, 0.4) is 0 Å². The largest absolute Gasteiger partial charge is 0.463 e. The average Bonchev–Trinajstić information content (AvgIpc) is 2.70. The van der Waals surface area contributed by atoms with E-state index in [1.54, 1.807) is 0 Å². The molecule has 0 saturated carbocycles. The lowest BCUT2D eigenvalue weighted by atomic mass is 10.7. The minimum absolute atomic E-state index is 0.0351. The molecule has 1 heterocycles. The molecular weight excluding hydrogens is 300 g/mol. The topological polar surface area (TPSA) is 120 Å². The summed E-state index contributed by atoms with van der Waals surface area (Å²) in [5, 5.41) is 17.9. The zero-order valence-corrected chi connectivity index (χ0v) is 13.6. The van der Waals surface area contributed by atoms with Gasteiger partial charge in [0.25, 0.3) is 0 Å². The molecule has 0 spiro atoms. The predicted octanol–water partition coefficient (Wildman–Crippen LogP) is 1.57. The fraction of sp³-hybridized carbons (Fsp3) is 0.600. The van der Waals surface area contributed by atoms with Crippen molar-refractivity contribution in [2.75, 3.05) is 6.61 Å². The normalized spacial score (nSPS) is 14.8. The monoisotopic (exact) mass is 320 g/mol. The van der Waals surface area contributed by atoms with E-state index in [-0.39, 0.29) is 11.8 Å². The van der Waals surface area contributed by atoms with Crippen LogP contribution in [0.25, 0.3) is 0 Å².